The Balaban J connectivity index is 1.54. The number of allylic oxidation sites excluding steroid dienone is 1. The molecule has 4 fully saturated rings. The predicted molar refractivity (Wildman–Crippen MR) is 212 cm³/mol. The normalized spacial score (nSPS) is 34.8. The molecule has 1 aromatic carbocycles. The Kier molecular flexibility index (Phi) is 12.3. The Morgan fingerprint density at radius 3 is 2.13 bits per heavy atom. The van der Waals surface area contributed by atoms with Gasteiger partial charge in [-0.2, -0.15) is 0 Å². The molecule has 1 heterocycles. The third-order valence-corrected chi connectivity index (χ3v) is 14.2. The van der Waals surface area contributed by atoms with Crippen molar-refractivity contribution in [3.63, 3.8) is 0 Å². The van der Waals surface area contributed by atoms with Crippen molar-refractivity contribution in [3.05, 3.63) is 47.2 Å². The molecule has 15 nitrogen and oxygen atoms in total. The lowest BCUT2D eigenvalue weighted by atomic mass is 9.45. The lowest BCUT2D eigenvalue weighted by Gasteiger charge is -2.67. The molecule has 0 radical (unpaired) electrons. The fourth-order valence-electron chi connectivity index (χ4n) is 10.7. The molecule has 0 aromatic heterocycles. The Morgan fingerprint density at radius 2 is 1.58 bits per heavy atom. The number of hydrogen-bond donors (Lipinski definition) is 4. The summed E-state index contributed by atoms with van der Waals surface area (Å²) in [5.41, 5.74) is -8.49. The first-order valence-corrected chi connectivity index (χ1v) is 21.1. The van der Waals surface area contributed by atoms with Crippen LogP contribution >= 0.6 is 0 Å². The summed E-state index contributed by atoms with van der Waals surface area (Å²) < 4.78 is 30.3. The SMILES string of the molecule is CC(=O)OC1=C2C(C)C(OC(=O)C(O)C(NC(=O)C(C)(C)C)C3CCCCC3)CC(O)(C(OC(=O)c3ccccc3)C3[C@]4(OC(C)=O)COC4CC(O)[C@@]3(C)C1=O)C2(C)C. The number of Topliss-reactive ketones (excluding diaryl/α,β-unsaturated/α-hetero) is 1. The number of esters is 4. The van der Waals surface area contributed by atoms with E-state index in [1.165, 1.54) is 19.1 Å². The average Bonchev–Trinajstić information content (AvgIpc) is 3.17. The second kappa shape index (κ2) is 16.3. The fourth-order valence-corrected chi connectivity index (χ4v) is 10.7. The molecule has 9 unspecified atom stereocenters. The number of hydrogen-bond acceptors (Lipinski definition) is 14. The smallest absolute Gasteiger partial charge is 0.338 e. The maximum absolute atomic E-state index is 15.4. The summed E-state index contributed by atoms with van der Waals surface area (Å²) in [7, 11) is 0. The van der Waals surface area contributed by atoms with Crippen LogP contribution in [-0.4, -0.2) is 105 Å². The number of benzene rings is 1. The quantitative estimate of drug-likeness (QED) is 0.205. The van der Waals surface area contributed by atoms with Gasteiger partial charge in [-0.05, 0) is 43.4 Å². The summed E-state index contributed by atoms with van der Waals surface area (Å²) in [4.78, 5) is 83.2. The van der Waals surface area contributed by atoms with E-state index in [-0.39, 0.29) is 36.0 Å². The van der Waals surface area contributed by atoms with E-state index in [4.69, 9.17) is 23.7 Å². The summed E-state index contributed by atoms with van der Waals surface area (Å²) >= 11 is 0. The van der Waals surface area contributed by atoms with Gasteiger partial charge in [0.15, 0.2) is 17.5 Å². The van der Waals surface area contributed by atoms with E-state index in [0.717, 1.165) is 33.1 Å². The molecule has 3 saturated carbocycles. The summed E-state index contributed by atoms with van der Waals surface area (Å²) in [6, 6.07) is 6.91. The van der Waals surface area contributed by atoms with Gasteiger partial charge in [0.2, 0.25) is 11.7 Å². The van der Waals surface area contributed by atoms with E-state index in [9.17, 15) is 39.3 Å². The van der Waals surface area contributed by atoms with Gasteiger partial charge in [0.25, 0.3) is 0 Å². The van der Waals surface area contributed by atoms with Crippen LogP contribution in [0, 0.1) is 34.0 Å². The average molecular weight is 840 g/mol. The number of carbonyl (C=O) groups excluding carboxylic acids is 6. The number of amides is 1. The molecule has 1 aliphatic heterocycles. The molecule has 1 saturated heterocycles. The molecule has 4 aliphatic carbocycles. The van der Waals surface area contributed by atoms with E-state index in [2.05, 4.69) is 5.32 Å². The standard InChI is InChI=1S/C45H61NO14/c1-23-28(58-39(53)33(50)32(26-16-12-10-13-17-26)46-40(54)41(4,5)6)21-45(55)37(59-38(52)27-18-14-11-15-19-27)35-43(9,29(49)20-30-44(35,22-56-30)60-25(3)48)36(51)34(57-24(2)47)31(23)42(45,7)8/h11,14-15,18-19,23,26,28-30,32-33,35,37,49-50,55H,10,12-13,16-17,20-22H2,1-9H3,(H,46,54)/t23?,28?,29?,30?,32?,33?,35?,37?,43-,44+,45?/m1/s1. The van der Waals surface area contributed by atoms with Crippen LogP contribution in [0.2, 0.25) is 0 Å². The van der Waals surface area contributed by atoms with Gasteiger partial charge in [-0.25, -0.2) is 9.59 Å². The van der Waals surface area contributed by atoms with Crippen LogP contribution in [0.3, 0.4) is 0 Å². The van der Waals surface area contributed by atoms with Crippen LogP contribution in [0.4, 0.5) is 0 Å². The molecule has 15 heteroatoms. The number of ketones is 1. The summed E-state index contributed by atoms with van der Waals surface area (Å²) in [6.07, 6.45) is -4.24. The Bertz CT molecular complexity index is 1910. The number of rotatable bonds is 9. The van der Waals surface area contributed by atoms with E-state index < -0.39 is 118 Å². The molecular formula is C45H61NO14. The van der Waals surface area contributed by atoms with Gasteiger partial charge in [-0.3, -0.25) is 19.2 Å². The maximum Gasteiger partial charge on any atom is 0.338 e. The molecule has 60 heavy (non-hydrogen) atoms. The molecule has 2 bridgehead atoms. The van der Waals surface area contributed by atoms with Crippen molar-refractivity contribution in [1.29, 1.82) is 0 Å². The fraction of sp³-hybridized carbons (Fsp3) is 0.689. The zero-order chi connectivity index (χ0) is 44.3. The molecule has 6 rings (SSSR count). The molecule has 4 N–H and O–H groups in total. The zero-order valence-electron chi connectivity index (χ0n) is 36.1. The largest absolute Gasteiger partial charge is 0.460 e. The Morgan fingerprint density at radius 1 is 0.950 bits per heavy atom. The van der Waals surface area contributed by atoms with Gasteiger partial charge < -0.3 is 44.3 Å². The van der Waals surface area contributed by atoms with Crippen LogP contribution in [0.1, 0.15) is 118 Å². The van der Waals surface area contributed by atoms with Crippen molar-refractivity contribution in [2.24, 2.45) is 34.0 Å². The van der Waals surface area contributed by atoms with E-state index >= 15 is 4.79 Å². The maximum atomic E-state index is 15.4. The van der Waals surface area contributed by atoms with Gasteiger partial charge in [-0.15, -0.1) is 0 Å². The van der Waals surface area contributed by atoms with Crippen molar-refractivity contribution in [2.45, 2.75) is 155 Å². The minimum Gasteiger partial charge on any atom is -0.460 e. The molecule has 0 spiro atoms. The minimum absolute atomic E-state index is 0.0368. The number of carbonyl (C=O) groups is 6. The summed E-state index contributed by atoms with van der Waals surface area (Å²) in [5, 5.41) is 40.4. The second-order valence-corrected chi connectivity index (χ2v) is 19.3. The number of aliphatic hydroxyl groups excluding tert-OH is 2. The second-order valence-electron chi connectivity index (χ2n) is 19.3. The zero-order valence-corrected chi connectivity index (χ0v) is 36.1. The predicted octanol–water partition coefficient (Wildman–Crippen LogP) is 3.88. The molecule has 11 atom stereocenters. The van der Waals surface area contributed by atoms with Crippen LogP contribution < -0.4 is 5.32 Å². The number of aliphatic hydroxyl groups is 3. The molecule has 5 aliphatic rings. The van der Waals surface area contributed by atoms with E-state index in [1.807, 2.05) is 0 Å². The topological polar surface area (TPSA) is 221 Å². The molecule has 1 amide bonds. The summed E-state index contributed by atoms with van der Waals surface area (Å²) in [6.45, 7) is 13.3. The van der Waals surface area contributed by atoms with Gasteiger partial charge >= 0.3 is 23.9 Å². The van der Waals surface area contributed by atoms with Crippen molar-refractivity contribution >= 4 is 35.6 Å². The molecule has 330 valence electrons. The highest BCUT2D eigenvalue weighted by Crippen LogP contribution is 2.65. The number of fused-ring (bicyclic) bond motifs is 5. The van der Waals surface area contributed by atoms with E-state index in [1.54, 1.807) is 59.7 Å². The van der Waals surface area contributed by atoms with E-state index in [0.29, 0.717) is 12.8 Å². The number of ether oxygens (including phenoxy) is 5. The van der Waals surface area contributed by atoms with Crippen LogP contribution in [0.15, 0.2) is 41.7 Å². The van der Waals surface area contributed by atoms with Crippen LogP contribution in [0.5, 0.6) is 0 Å². The highest BCUT2D eigenvalue weighted by Gasteiger charge is 2.78. The molecular weight excluding hydrogens is 778 g/mol. The highest BCUT2D eigenvalue weighted by atomic mass is 16.6. The monoisotopic (exact) mass is 839 g/mol. The van der Waals surface area contributed by atoms with Crippen molar-refractivity contribution in [2.75, 3.05) is 6.61 Å². The van der Waals surface area contributed by atoms with Crippen molar-refractivity contribution in [1.82, 2.24) is 5.32 Å². The first-order chi connectivity index (χ1) is 27.9. The Labute approximate surface area is 350 Å². The number of nitrogens with one attached hydrogen (secondary N) is 1. The minimum atomic E-state index is -2.35. The van der Waals surface area contributed by atoms with Crippen LogP contribution in [-0.2, 0) is 47.7 Å². The summed E-state index contributed by atoms with van der Waals surface area (Å²) in [5.74, 6) is -8.20. The third kappa shape index (κ3) is 7.57. The van der Waals surface area contributed by atoms with Crippen LogP contribution in [0.25, 0.3) is 0 Å². The molecule has 1 aromatic rings. The van der Waals surface area contributed by atoms with Crippen molar-refractivity contribution < 1.29 is 67.8 Å². The van der Waals surface area contributed by atoms with Gasteiger partial charge in [0.05, 0.1) is 35.6 Å². The lowest BCUT2D eigenvalue weighted by molar-refractivity contribution is -0.345. The first-order valence-electron chi connectivity index (χ1n) is 21.1. The highest BCUT2D eigenvalue weighted by molar-refractivity contribution is 6.02. The lowest BCUT2D eigenvalue weighted by Crippen LogP contribution is -2.81. The third-order valence-electron chi connectivity index (χ3n) is 14.2. The van der Waals surface area contributed by atoms with Crippen molar-refractivity contribution in [3.8, 4) is 0 Å². The van der Waals surface area contributed by atoms with Gasteiger partial charge in [0.1, 0.15) is 23.9 Å². The van der Waals surface area contributed by atoms with Gasteiger partial charge in [0, 0.05) is 43.4 Å². The van der Waals surface area contributed by atoms with Gasteiger partial charge in [-0.1, -0.05) is 79.0 Å². The first kappa shape index (κ1) is 45.3. The Hall–Kier alpha value is -4.18.